The van der Waals surface area contributed by atoms with Crippen molar-refractivity contribution < 1.29 is 6.22 Å². The molecule has 1 aromatic heterocycles. The van der Waals surface area contributed by atoms with Crippen LogP contribution in [0.1, 0.15) is 18.7 Å². The summed E-state index contributed by atoms with van der Waals surface area (Å²) in [5.74, 6) is 0.0844. The van der Waals surface area contributed by atoms with Gasteiger partial charge in [0.2, 0.25) is 0 Å². The predicted molar refractivity (Wildman–Crippen MR) is 56.1 cm³/mol. The van der Waals surface area contributed by atoms with Gasteiger partial charge in [0, 0.05) is 6.99 Å². The SMILES string of the molecule is CC(=O)c1ccc(-c2cnc[nH]2)cc1.[HH]. The van der Waals surface area contributed by atoms with E-state index in [-0.39, 0.29) is 7.21 Å². The van der Waals surface area contributed by atoms with Gasteiger partial charge in [-0.25, -0.2) is 4.98 Å². The molecule has 3 heteroatoms. The van der Waals surface area contributed by atoms with Crippen molar-refractivity contribution in [2.45, 2.75) is 6.92 Å². The van der Waals surface area contributed by atoms with Gasteiger partial charge in [0.1, 0.15) is 0 Å². The number of carbonyl (C=O) groups excluding carboxylic acids is 1. The number of nitrogens with one attached hydrogen (secondary N) is 1. The minimum atomic E-state index is 0. The molecular formula is C11H12N2O. The lowest BCUT2D eigenvalue weighted by Gasteiger charge is -1.98. The lowest BCUT2D eigenvalue weighted by molar-refractivity contribution is 0.101. The first kappa shape index (κ1) is 8.69. The maximum Gasteiger partial charge on any atom is 0.159 e. The second-order valence-corrected chi connectivity index (χ2v) is 3.10. The predicted octanol–water partition coefficient (Wildman–Crippen LogP) is 2.53. The van der Waals surface area contributed by atoms with Crippen molar-refractivity contribution >= 4 is 5.78 Å². The molecule has 0 unspecified atom stereocenters. The van der Waals surface area contributed by atoms with Crippen LogP contribution >= 0.6 is 0 Å². The van der Waals surface area contributed by atoms with Gasteiger partial charge in [-0.2, -0.15) is 0 Å². The van der Waals surface area contributed by atoms with Crippen molar-refractivity contribution in [1.29, 1.82) is 0 Å². The summed E-state index contributed by atoms with van der Waals surface area (Å²) in [5.41, 5.74) is 2.72. The topological polar surface area (TPSA) is 45.8 Å². The molecule has 0 aliphatic rings. The first-order valence-electron chi connectivity index (χ1n) is 4.37. The zero-order valence-corrected chi connectivity index (χ0v) is 7.82. The van der Waals surface area contributed by atoms with E-state index in [0.29, 0.717) is 0 Å². The fraction of sp³-hybridized carbons (Fsp3) is 0.0909. The van der Waals surface area contributed by atoms with Gasteiger partial charge < -0.3 is 4.98 Å². The zero-order chi connectivity index (χ0) is 9.97. The van der Waals surface area contributed by atoms with E-state index >= 15 is 0 Å². The van der Waals surface area contributed by atoms with Gasteiger partial charge in [0.15, 0.2) is 5.78 Å². The molecule has 0 radical (unpaired) electrons. The van der Waals surface area contributed by atoms with Gasteiger partial charge in [-0.3, -0.25) is 4.79 Å². The van der Waals surface area contributed by atoms with Crippen LogP contribution in [0.4, 0.5) is 0 Å². The number of imidazole rings is 1. The van der Waals surface area contributed by atoms with E-state index in [1.807, 2.05) is 24.3 Å². The molecule has 2 aromatic rings. The molecule has 1 aromatic carbocycles. The lowest BCUT2D eigenvalue weighted by atomic mass is 10.1. The van der Waals surface area contributed by atoms with Crippen molar-refractivity contribution in [3.8, 4) is 11.3 Å². The Morgan fingerprint density at radius 1 is 1.36 bits per heavy atom. The van der Waals surface area contributed by atoms with Crippen molar-refractivity contribution in [2.75, 3.05) is 0 Å². The second-order valence-electron chi connectivity index (χ2n) is 3.10. The summed E-state index contributed by atoms with van der Waals surface area (Å²) in [7, 11) is 0. The Bertz CT molecular complexity index is 434. The highest BCUT2D eigenvalue weighted by atomic mass is 16.1. The van der Waals surface area contributed by atoms with Crippen molar-refractivity contribution in [2.24, 2.45) is 0 Å². The molecule has 1 heterocycles. The van der Waals surface area contributed by atoms with Gasteiger partial charge in [-0.15, -0.1) is 0 Å². The van der Waals surface area contributed by atoms with Gasteiger partial charge in [-0.05, 0) is 12.5 Å². The molecule has 0 saturated heterocycles. The Balaban J connectivity index is 0.00000112. The summed E-state index contributed by atoms with van der Waals surface area (Å²) in [6.07, 6.45) is 3.39. The second kappa shape index (κ2) is 3.46. The van der Waals surface area contributed by atoms with E-state index in [1.54, 1.807) is 19.4 Å². The Morgan fingerprint density at radius 3 is 2.57 bits per heavy atom. The summed E-state index contributed by atoms with van der Waals surface area (Å²) in [4.78, 5) is 18.0. The van der Waals surface area contributed by atoms with Crippen LogP contribution in [0.25, 0.3) is 11.3 Å². The average molecular weight is 188 g/mol. The molecule has 0 spiro atoms. The molecule has 3 nitrogen and oxygen atoms in total. The number of carbonyl (C=O) groups is 1. The van der Waals surface area contributed by atoms with Crippen molar-refractivity contribution in [3.63, 3.8) is 0 Å². The van der Waals surface area contributed by atoms with Crippen LogP contribution in [0.5, 0.6) is 0 Å². The number of hydrogen-bond acceptors (Lipinski definition) is 2. The highest BCUT2D eigenvalue weighted by Gasteiger charge is 2.00. The first-order chi connectivity index (χ1) is 6.77. The van der Waals surface area contributed by atoms with Gasteiger partial charge >= 0.3 is 0 Å². The number of ketones is 1. The summed E-state index contributed by atoms with van der Waals surface area (Å²) in [5, 5.41) is 0. The van der Waals surface area contributed by atoms with Crippen LogP contribution in [0.2, 0.25) is 0 Å². The lowest BCUT2D eigenvalue weighted by Crippen LogP contribution is -1.90. The number of benzene rings is 1. The normalized spacial score (nSPS) is 10.1. The van der Waals surface area contributed by atoms with E-state index in [1.165, 1.54) is 0 Å². The minimum absolute atomic E-state index is 0. The van der Waals surface area contributed by atoms with Crippen LogP contribution in [0.3, 0.4) is 0 Å². The molecule has 0 bridgehead atoms. The van der Waals surface area contributed by atoms with Gasteiger partial charge in [-0.1, -0.05) is 24.3 Å². The number of Topliss-reactive ketones (excluding diaryl/α,β-unsaturated/α-hetero) is 1. The third-order valence-corrected chi connectivity index (χ3v) is 2.10. The summed E-state index contributed by atoms with van der Waals surface area (Å²) in [6, 6.07) is 7.45. The smallest absolute Gasteiger partial charge is 0.159 e. The average Bonchev–Trinajstić information content (AvgIpc) is 2.71. The molecule has 0 aliphatic heterocycles. The molecule has 2 rings (SSSR count). The van der Waals surface area contributed by atoms with E-state index in [4.69, 9.17) is 0 Å². The van der Waals surface area contributed by atoms with Crippen LogP contribution in [-0.2, 0) is 0 Å². The maximum absolute atomic E-state index is 11.0. The Hall–Kier alpha value is -1.90. The van der Waals surface area contributed by atoms with E-state index in [0.717, 1.165) is 16.8 Å². The van der Waals surface area contributed by atoms with Gasteiger partial charge in [0.05, 0.1) is 18.2 Å². The molecule has 0 aliphatic carbocycles. The highest BCUT2D eigenvalue weighted by Crippen LogP contribution is 2.16. The van der Waals surface area contributed by atoms with Crippen LogP contribution in [-0.4, -0.2) is 15.8 Å². The molecule has 0 saturated carbocycles. The minimum Gasteiger partial charge on any atom is -0.345 e. The zero-order valence-electron chi connectivity index (χ0n) is 7.82. The largest absolute Gasteiger partial charge is 0.345 e. The van der Waals surface area contributed by atoms with Crippen LogP contribution in [0.15, 0.2) is 36.8 Å². The number of aromatic amines is 1. The Morgan fingerprint density at radius 2 is 2.07 bits per heavy atom. The standard InChI is InChI=1S/C11H10N2O.H2/c1-8(14)9-2-4-10(5-3-9)11-6-12-7-13-11;/h2-7H,1H3,(H,12,13);1H. The molecular weight excluding hydrogens is 176 g/mol. The summed E-state index contributed by atoms with van der Waals surface area (Å²) >= 11 is 0. The molecule has 14 heavy (non-hydrogen) atoms. The molecule has 1 N–H and O–H groups in total. The summed E-state index contributed by atoms with van der Waals surface area (Å²) < 4.78 is 0. The van der Waals surface area contributed by atoms with E-state index < -0.39 is 0 Å². The molecule has 72 valence electrons. The number of H-pyrrole nitrogens is 1. The first-order valence-corrected chi connectivity index (χ1v) is 4.37. The summed E-state index contributed by atoms with van der Waals surface area (Å²) in [6.45, 7) is 1.56. The van der Waals surface area contributed by atoms with Crippen molar-refractivity contribution in [1.82, 2.24) is 9.97 Å². The number of rotatable bonds is 2. The number of aromatic nitrogens is 2. The van der Waals surface area contributed by atoms with Gasteiger partial charge in [0.25, 0.3) is 0 Å². The Labute approximate surface area is 83.3 Å². The fourth-order valence-electron chi connectivity index (χ4n) is 1.30. The third-order valence-electron chi connectivity index (χ3n) is 2.10. The van der Waals surface area contributed by atoms with Crippen LogP contribution in [0, 0.1) is 0 Å². The number of hydrogen-bond donors (Lipinski definition) is 1. The van der Waals surface area contributed by atoms with E-state index in [2.05, 4.69) is 9.97 Å². The van der Waals surface area contributed by atoms with Crippen molar-refractivity contribution in [3.05, 3.63) is 42.4 Å². The quantitative estimate of drug-likeness (QED) is 0.736. The maximum atomic E-state index is 11.0. The third kappa shape index (κ3) is 1.57. The molecule has 0 amide bonds. The molecule has 0 fully saturated rings. The molecule has 0 atom stereocenters. The van der Waals surface area contributed by atoms with Crippen LogP contribution < -0.4 is 0 Å². The Kier molecular flexibility index (Phi) is 2.14. The highest BCUT2D eigenvalue weighted by molar-refractivity contribution is 5.94. The van der Waals surface area contributed by atoms with E-state index in [9.17, 15) is 4.79 Å². The number of nitrogens with zero attached hydrogens (tertiary/aromatic N) is 1. The fourth-order valence-corrected chi connectivity index (χ4v) is 1.30. The monoisotopic (exact) mass is 188 g/mol.